The van der Waals surface area contributed by atoms with Gasteiger partial charge in [-0.05, 0) is 67.7 Å². The van der Waals surface area contributed by atoms with Crippen molar-refractivity contribution in [3.05, 3.63) is 71.2 Å². The van der Waals surface area contributed by atoms with Gasteiger partial charge in [-0.25, -0.2) is 0 Å². The highest BCUT2D eigenvalue weighted by Gasteiger charge is 2.34. The number of rotatable bonds is 7. The Labute approximate surface area is 265 Å². The second-order valence-electron chi connectivity index (χ2n) is 11.8. The summed E-state index contributed by atoms with van der Waals surface area (Å²) in [5, 5.41) is 8.14. The molecule has 0 saturated carbocycles. The van der Waals surface area contributed by atoms with E-state index < -0.39 is 0 Å². The van der Waals surface area contributed by atoms with Crippen molar-refractivity contribution in [3.63, 3.8) is 0 Å². The molecule has 3 aliphatic rings. The Balaban J connectivity index is 1.17. The fourth-order valence-electron chi connectivity index (χ4n) is 6.46. The van der Waals surface area contributed by atoms with Gasteiger partial charge >= 0.3 is 0 Å². The number of nitrogens with one attached hydrogen (secondary N) is 2. The van der Waals surface area contributed by atoms with Gasteiger partial charge in [-0.3, -0.25) is 0 Å². The molecule has 4 heterocycles. The predicted octanol–water partition coefficient (Wildman–Crippen LogP) is 5.87. The summed E-state index contributed by atoms with van der Waals surface area (Å²) in [5.41, 5.74) is 2.45. The lowest BCUT2D eigenvalue weighted by Crippen LogP contribution is -2.47. The van der Waals surface area contributed by atoms with E-state index in [9.17, 15) is 0 Å². The van der Waals surface area contributed by atoms with E-state index in [0.717, 1.165) is 82.0 Å². The van der Waals surface area contributed by atoms with Gasteiger partial charge in [0, 0.05) is 81.2 Å². The second kappa shape index (κ2) is 14.1. The Morgan fingerprint density at radius 2 is 1.40 bits per heavy atom. The number of para-hydroxylation sites is 1. The summed E-state index contributed by atoms with van der Waals surface area (Å²) >= 11 is 12.0. The molecule has 43 heavy (non-hydrogen) atoms. The second-order valence-corrected chi connectivity index (χ2v) is 12.7. The Morgan fingerprint density at radius 1 is 0.791 bits per heavy atom. The van der Waals surface area contributed by atoms with Crippen molar-refractivity contribution in [3.8, 4) is 0 Å². The molecule has 6 rings (SSSR count). The molecule has 3 fully saturated rings. The zero-order valence-electron chi connectivity index (χ0n) is 24.8. The third-order valence-electron chi connectivity index (χ3n) is 9.07. The number of aromatic nitrogens is 2. The van der Waals surface area contributed by atoms with Gasteiger partial charge in [0.15, 0.2) is 5.11 Å². The van der Waals surface area contributed by atoms with Crippen molar-refractivity contribution in [1.82, 2.24) is 15.3 Å². The molecule has 2 N–H and O–H groups in total. The van der Waals surface area contributed by atoms with Crippen LogP contribution in [0.4, 0.5) is 23.3 Å². The zero-order chi connectivity index (χ0) is 29.5. The van der Waals surface area contributed by atoms with E-state index in [1.165, 1.54) is 36.9 Å². The summed E-state index contributed by atoms with van der Waals surface area (Å²) in [6.07, 6.45) is 6.77. The molecule has 3 saturated heterocycles. The molecular weight excluding hydrogens is 578 g/mol. The van der Waals surface area contributed by atoms with Crippen LogP contribution in [-0.2, 0) is 10.2 Å². The van der Waals surface area contributed by atoms with Crippen molar-refractivity contribution in [2.24, 2.45) is 0 Å². The quantitative estimate of drug-likeness (QED) is 0.316. The summed E-state index contributed by atoms with van der Waals surface area (Å²) in [5.74, 6) is 2.48. The summed E-state index contributed by atoms with van der Waals surface area (Å²) in [6, 6.07) is 21.0. The molecule has 0 aliphatic carbocycles. The molecule has 3 aromatic rings. The fourth-order valence-corrected chi connectivity index (χ4v) is 6.75. The van der Waals surface area contributed by atoms with Crippen LogP contribution in [0.5, 0.6) is 0 Å². The number of hydrogen-bond donors (Lipinski definition) is 2. The van der Waals surface area contributed by atoms with Crippen molar-refractivity contribution in [2.45, 2.75) is 43.9 Å². The van der Waals surface area contributed by atoms with E-state index in [4.69, 9.17) is 38.5 Å². The number of halogens is 1. The highest BCUT2D eigenvalue weighted by molar-refractivity contribution is 7.80. The summed E-state index contributed by atoms with van der Waals surface area (Å²) in [6.45, 7) is 7.90. The van der Waals surface area contributed by atoms with E-state index in [1.807, 2.05) is 12.1 Å². The highest BCUT2D eigenvalue weighted by Crippen LogP contribution is 2.35. The van der Waals surface area contributed by atoms with Crippen LogP contribution in [-0.4, -0.2) is 74.1 Å². The van der Waals surface area contributed by atoms with E-state index in [-0.39, 0.29) is 5.41 Å². The lowest BCUT2D eigenvalue weighted by Gasteiger charge is -2.38. The minimum absolute atomic E-state index is 0.0765. The van der Waals surface area contributed by atoms with Crippen LogP contribution in [0.3, 0.4) is 0 Å². The molecule has 0 radical (unpaired) electrons. The number of nitrogens with zero attached hydrogens (tertiary/aromatic N) is 5. The molecule has 3 aliphatic heterocycles. The average Bonchev–Trinajstić information content (AvgIpc) is 3.35. The highest BCUT2D eigenvalue weighted by atomic mass is 35.5. The van der Waals surface area contributed by atoms with Gasteiger partial charge in [-0.1, -0.05) is 54.8 Å². The smallest absolute Gasteiger partial charge is 0.232 e. The average molecular weight is 620 g/mol. The molecule has 0 atom stereocenters. The van der Waals surface area contributed by atoms with Crippen LogP contribution >= 0.6 is 23.8 Å². The Morgan fingerprint density at radius 3 is 2.05 bits per heavy atom. The molecule has 8 nitrogen and oxygen atoms in total. The maximum atomic E-state index is 6.20. The van der Waals surface area contributed by atoms with E-state index >= 15 is 0 Å². The molecule has 0 unspecified atom stereocenters. The maximum Gasteiger partial charge on any atom is 0.232 e. The fraction of sp³-hybridized carbons (Fsp3) is 0.485. The number of hydrogen-bond acceptors (Lipinski definition) is 7. The lowest BCUT2D eigenvalue weighted by atomic mass is 9.74. The number of ether oxygens (including phenoxy) is 1. The van der Waals surface area contributed by atoms with Crippen molar-refractivity contribution in [2.75, 3.05) is 79.0 Å². The largest absolute Gasteiger partial charge is 0.381 e. The molecule has 1 aromatic heterocycles. The van der Waals surface area contributed by atoms with Crippen LogP contribution < -0.4 is 25.3 Å². The zero-order valence-corrected chi connectivity index (χ0v) is 26.4. The van der Waals surface area contributed by atoms with Gasteiger partial charge in [-0.15, -0.1) is 0 Å². The van der Waals surface area contributed by atoms with E-state index in [1.54, 1.807) is 0 Å². The first-order valence-corrected chi connectivity index (χ1v) is 16.4. The lowest BCUT2D eigenvalue weighted by molar-refractivity contribution is 0.0515. The Hall–Kier alpha value is -3.14. The molecule has 0 bridgehead atoms. The van der Waals surface area contributed by atoms with Crippen molar-refractivity contribution < 1.29 is 4.74 Å². The van der Waals surface area contributed by atoms with E-state index in [2.05, 4.69) is 73.9 Å². The normalized spacial score (nSPS) is 19.0. The Bertz CT molecular complexity index is 1340. The third-order valence-corrected chi connectivity index (χ3v) is 9.57. The molecule has 2 aromatic carbocycles. The number of thiocarbonyl (C=S) groups is 1. The summed E-state index contributed by atoms with van der Waals surface area (Å²) in [4.78, 5) is 17.2. The standard InChI is InChI=1S/C33H42ClN7OS/c34-27-12-10-26(11-13-27)33(14-22-42-23-15-33)25-35-32(43)38-31-36-29(40-16-6-1-2-7-17-40)24-30(37-31)41-20-18-39(19-21-41)28-8-4-3-5-9-28/h3-5,8-13,24H,1-2,6-7,14-23,25H2,(H2,35,36,37,38,43). The van der Waals surface area contributed by atoms with Crippen molar-refractivity contribution >= 4 is 52.2 Å². The molecule has 228 valence electrons. The minimum atomic E-state index is -0.0765. The van der Waals surface area contributed by atoms with Crippen LogP contribution in [0.1, 0.15) is 44.1 Å². The molecule has 0 spiro atoms. The van der Waals surface area contributed by atoms with Gasteiger partial charge in [0.25, 0.3) is 0 Å². The molecule has 10 heteroatoms. The first-order valence-electron chi connectivity index (χ1n) is 15.7. The first kappa shape index (κ1) is 29.9. The van der Waals surface area contributed by atoms with Crippen LogP contribution in [0.15, 0.2) is 60.7 Å². The van der Waals surface area contributed by atoms with Crippen LogP contribution in [0.2, 0.25) is 5.02 Å². The SMILES string of the molecule is S=C(NCC1(c2ccc(Cl)cc2)CCOCC1)Nc1nc(N2CCCCCC2)cc(N2CCN(c3ccccc3)CC2)n1. The number of benzene rings is 2. The van der Waals surface area contributed by atoms with E-state index in [0.29, 0.717) is 17.6 Å². The maximum absolute atomic E-state index is 6.20. The monoisotopic (exact) mass is 619 g/mol. The van der Waals surface area contributed by atoms with Gasteiger partial charge in [0.2, 0.25) is 5.95 Å². The minimum Gasteiger partial charge on any atom is -0.381 e. The van der Waals surface area contributed by atoms with Gasteiger partial charge in [0.1, 0.15) is 11.6 Å². The topological polar surface area (TPSA) is 68.8 Å². The van der Waals surface area contributed by atoms with Crippen LogP contribution in [0, 0.1) is 0 Å². The van der Waals surface area contributed by atoms with Gasteiger partial charge < -0.3 is 30.1 Å². The van der Waals surface area contributed by atoms with Crippen LogP contribution in [0.25, 0.3) is 0 Å². The van der Waals surface area contributed by atoms with Gasteiger partial charge in [-0.2, -0.15) is 9.97 Å². The van der Waals surface area contributed by atoms with Crippen molar-refractivity contribution in [1.29, 1.82) is 0 Å². The summed E-state index contributed by atoms with van der Waals surface area (Å²) in [7, 11) is 0. The molecular formula is C33H42ClN7OS. The Kier molecular flexibility index (Phi) is 9.81. The van der Waals surface area contributed by atoms with Gasteiger partial charge in [0.05, 0.1) is 0 Å². The number of piperazine rings is 1. The summed E-state index contributed by atoms with van der Waals surface area (Å²) < 4.78 is 5.72. The third kappa shape index (κ3) is 7.51. The molecule has 0 amide bonds. The predicted molar refractivity (Wildman–Crippen MR) is 181 cm³/mol. The first-order chi connectivity index (χ1) is 21.1. The number of anilines is 4.